The number of β-amino-alcohol motifs (C(OH)–C–C–N with tert-alkyl or cyclic N) is 1. The second kappa shape index (κ2) is 3.13. The predicted molar refractivity (Wildman–Crippen MR) is 55.6 cm³/mol. The minimum atomic E-state index is -0.225. The smallest absolute Gasteiger partial charge is 0.140 e. The van der Waals surface area contributed by atoms with Gasteiger partial charge < -0.3 is 10.0 Å². The first-order valence-corrected chi connectivity index (χ1v) is 4.82. The van der Waals surface area contributed by atoms with E-state index >= 15 is 0 Å². The maximum atomic E-state index is 9.25. The van der Waals surface area contributed by atoms with Crippen LogP contribution >= 0.6 is 0 Å². The Bertz CT molecular complexity index is 490. The summed E-state index contributed by atoms with van der Waals surface area (Å²) in [4.78, 5) is 14.4. The molecule has 0 amide bonds. The zero-order valence-corrected chi connectivity index (χ0v) is 8.04. The lowest BCUT2D eigenvalue weighted by Crippen LogP contribution is -2.51. The fraction of sp³-hybridized carbons (Fsp3) is 0.300. The van der Waals surface area contributed by atoms with Crippen molar-refractivity contribution in [2.75, 3.05) is 18.0 Å². The number of pyridine rings is 1. The molecular formula is C10H10N4O. The van der Waals surface area contributed by atoms with Crippen molar-refractivity contribution in [2.45, 2.75) is 6.10 Å². The van der Waals surface area contributed by atoms with Crippen LogP contribution in [0.1, 0.15) is 0 Å². The summed E-state index contributed by atoms with van der Waals surface area (Å²) in [5.41, 5.74) is 0.837. The van der Waals surface area contributed by atoms with E-state index in [0.717, 1.165) is 16.7 Å². The van der Waals surface area contributed by atoms with Crippen molar-refractivity contribution in [1.29, 1.82) is 0 Å². The number of fused-ring (bicyclic) bond motifs is 1. The molecule has 3 rings (SSSR count). The average molecular weight is 202 g/mol. The molecule has 15 heavy (non-hydrogen) atoms. The number of aliphatic hydroxyl groups is 1. The minimum Gasteiger partial charge on any atom is -0.389 e. The van der Waals surface area contributed by atoms with E-state index < -0.39 is 0 Å². The number of hydrogen-bond acceptors (Lipinski definition) is 5. The van der Waals surface area contributed by atoms with Crippen LogP contribution in [0, 0.1) is 0 Å². The molecule has 5 heteroatoms. The second-order valence-corrected chi connectivity index (χ2v) is 3.65. The van der Waals surface area contributed by atoms with Gasteiger partial charge in [0.05, 0.1) is 17.8 Å². The Hall–Kier alpha value is -1.75. The number of rotatable bonds is 1. The van der Waals surface area contributed by atoms with Crippen molar-refractivity contribution in [3.05, 3.63) is 24.8 Å². The lowest BCUT2D eigenvalue weighted by atomic mass is 10.1. The van der Waals surface area contributed by atoms with Crippen molar-refractivity contribution in [3.63, 3.8) is 0 Å². The van der Waals surface area contributed by atoms with Crippen LogP contribution < -0.4 is 4.90 Å². The Morgan fingerprint density at radius 1 is 1.33 bits per heavy atom. The van der Waals surface area contributed by atoms with Crippen molar-refractivity contribution < 1.29 is 5.11 Å². The van der Waals surface area contributed by atoms with E-state index in [1.807, 2.05) is 11.0 Å². The van der Waals surface area contributed by atoms with E-state index in [1.165, 1.54) is 6.33 Å². The average Bonchev–Trinajstić information content (AvgIpc) is 2.24. The first-order chi connectivity index (χ1) is 7.34. The third-order valence-corrected chi connectivity index (χ3v) is 2.58. The molecule has 5 nitrogen and oxygen atoms in total. The van der Waals surface area contributed by atoms with Gasteiger partial charge in [-0.05, 0) is 6.07 Å². The summed E-state index contributed by atoms with van der Waals surface area (Å²) in [7, 11) is 0. The highest BCUT2D eigenvalue weighted by Crippen LogP contribution is 2.25. The summed E-state index contributed by atoms with van der Waals surface area (Å²) in [6.45, 7) is 1.29. The lowest BCUT2D eigenvalue weighted by molar-refractivity contribution is 0.141. The van der Waals surface area contributed by atoms with E-state index in [2.05, 4.69) is 15.0 Å². The molecule has 76 valence electrons. The van der Waals surface area contributed by atoms with Crippen molar-refractivity contribution in [1.82, 2.24) is 15.0 Å². The molecule has 0 radical (unpaired) electrons. The van der Waals surface area contributed by atoms with Crippen molar-refractivity contribution in [3.8, 4) is 0 Å². The third kappa shape index (κ3) is 1.32. The van der Waals surface area contributed by atoms with Crippen LogP contribution in [0.15, 0.2) is 24.8 Å². The molecule has 0 saturated carbocycles. The molecule has 1 aliphatic rings. The van der Waals surface area contributed by atoms with Gasteiger partial charge in [-0.3, -0.25) is 4.98 Å². The van der Waals surface area contributed by atoms with Gasteiger partial charge in [-0.15, -0.1) is 0 Å². The Kier molecular flexibility index (Phi) is 1.78. The van der Waals surface area contributed by atoms with E-state index in [4.69, 9.17) is 0 Å². The number of anilines is 1. The van der Waals surface area contributed by atoms with E-state index in [-0.39, 0.29) is 6.10 Å². The summed E-state index contributed by atoms with van der Waals surface area (Å²) in [6, 6.07) is 1.90. The lowest BCUT2D eigenvalue weighted by Gasteiger charge is -2.37. The third-order valence-electron chi connectivity index (χ3n) is 2.58. The van der Waals surface area contributed by atoms with Crippen LogP contribution in [0.25, 0.3) is 10.9 Å². The predicted octanol–water partition coefficient (Wildman–Crippen LogP) is 0.206. The van der Waals surface area contributed by atoms with Crippen LogP contribution in [-0.2, 0) is 0 Å². The molecule has 1 fully saturated rings. The Labute approximate surface area is 86.4 Å². The van der Waals surface area contributed by atoms with Crippen LogP contribution in [0.4, 0.5) is 5.82 Å². The summed E-state index contributed by atoms with van der Waals surface area (Å²) in [5, 5.41) is 10.2. The second-order valence-electron chi connectivity index (χ2n) is 3.65. The van der Waals surface area contributed by atoms with Gasteiger partial charge in [0, 0.05) is 24.7 Å². The molecule has 2 aromatic rings. The monoisotopic (exact) mass is 202 g/mol. The Balaban J connectivity index is 2.10. The minimum absolute atomic E-state index is 0.225. The molecule has 0 aromatic carbocycles. The van der Waals surface area contributed by atoms with Gasteiger partial charge in [0.2, 0.25) is 0 Å². The number of aliphatic hydroxyl groups excluding tert-OH is 1. The number of hydrogen-bond donors (Lipinski definition) is 1. The van der Waals surface area contributed by atoms with Gasteiger partial charge in [-0.2, -0.15) is 0 Å². The topological polar surface area (TPSA) is 62.1 Å². The summed E-state index contributed by atoms with van der Waals surface area (Å²) >= 11 is 0. The molecule has 0 unspecified atom stereocenters. The largest absolute Gasteiger partial charge is 0.389 e. The maximum Gasteiger partial charge on any atom is 0.140 e. The molecule has 0 bridgehead atoms. The van der Waals surface area contributed by atoms with Gasteiger partial charge in [0.25, 0.3) is 0 Å². The molecule has 1 saturated heterocycles. The van der Waals surface area contributed by atoms with E-state index in [9.17, 15) is 5.11 Å². The van der Waals surface area contributed by atoms with Crippen LogP contribution in [-0.4, -0.2) is 39.3 Å². The number of aromatic nitrogens is 3. The molecule has 2 aromatic heterocycles. The van der Waals surface area contributed by atoms with Crippen molar-refractivity contribution >= 4 is 16.7 Å². The molecule has 1 aliphatic heterocycles. The molecule has 0 spiro atoms. The first-order valence-electron chi connectivity index (χ1n) is 4.82. The maximum absolute atomic E-state index is 9.25. The standard InChI is InChI=1S/C10H10N4O/c15-7-4-14(5-7)10-8-1-2-11-3-9(8)12-6-13-10/h1-3,6-7,15H,4-5H2. The quantitative estimate of drug-likeness (QED) is 0.716. The SMILES string of the molecule is OC1CN(c2ncnc3cnccc23)C1. The van der Waals surface area contributed by atoms with E-state index in [0.29, 0.717) is 13.1 Å². The molecule has 0 aliphatic carbocycles. The fourth-order valence-electron chi connectivity index (χ4n) is 1.77. The van der Waals surface area contributed by atoms with Gasteiger partial charge in [-0.25, -0.2) is 9.97 Å². The number of nitrogens with zero attached hydrogens (tertiary/aromatic N) is 4. The van der Waals surface area contributed by atoms with Gasteiger partial charge >= 0.3 is 0 Å². The van der Waals surface area contributed by atoms with Crippen LogP contribution in [0.3, 0.4) is 0 Å². The zero-order valence-electron chi connectivity index (χ0n) is 8.04. The molecule has 3 heterocycles. The van der Waals surface area contributed by atoms with Gasteiger partial charge in [0.1, 0.15) is 12.1 Å². The molecule has 1 N–H and O–H groups in total. The van der Waals surface area contributed by atoms with Gasteiger partial charge in [-0.1, -0.05) is 0 Å². The Morgan fingerprint density at radius 2 is 2.20 bits per heavy atom. The van der Waals surface area contributed by atoms with Crippen LogP contribution in [0.5, 0.6) is 0 Å². The van der Waals surface area contributed by atoms with Crippen molar-refractivity contribution in [2.24, 2.45) is 0 Å². The molecule has 0 atom stereocenters. The molecular weight excluding hydrogens is 192 g/mol. The summed E-state index contributed by atoms with van der Waals surface area (Å²) in [5.74, 6) is 0.882. The van der Waals surface area contributed by atoms with Gasteiger partial charge in [0.15, 0.2) is 0 Å². The highest BCUT2D eigenvalue weighted by molar-refractivity contribution is 5.88. The zero-order chi connectivity index (χ0) is 10.3. The summed E-state index contributed by atoms with van der Waals surface area (Å²) in [6.07, 6.45) is 4.75. The normalized spacial score (nSPS) is 16.7. The van der Waals surface area contributed by atoms with Crippen LogP contribution in [0.2, 0.25) is 0 Å². The summed E-state index contributed by atoms with van der Waals surface area (Å²) < 4.78 is 0. The highest BCUT2D eigenvalue weighted by Gasteiger charge is 2.26. The fourth-order valence-corrected chi connectivity index (χ4v) is 1.77. The highest BCUT2D eigenvalue weighted by atomic mass is 16.3. The van der Waals surface area contributed by atoms with E-state index in [1.54, 1.807) is 12.4 Å². The Morgan fingerprint density at radius 3 is 3.00 bits per heavy atom. The first kappa shape index (κ1) is 8.55.